The Morgan fingerprint density at radius 3 is 2.60 bits per heavy atom. The molecule has 1 aromatic rings. The maximum atomic E-state index is 12.0. The van der Waals surface area contributed by atoms with Crippen molar-refractivity contribution in [1.82, 2.24) is 0 Å². The minimum atomic E-state index is 0.277. The molecule has 0 radical (unpaired) electrons. The van der Waals surface area contributed by atoms with E-state index in [-0.39, 0.29) is 5.78 Å². The summed E-state index contributed by atoms with van der Waals surface area (Å²) in [6, 6.07) is 2.08. The van der Waals surface area contributed by atoms with Crippen LogP contribution in [0.3, 0.4) is 0 Å². The lowest BCUT2D eigenvalue weighted by atomic mass is 10.00. The Balaban J connectivity index is 2.69. The van der Waals surface area contributed by atoms with E-state index in [1.165, 1.54) is 5.56 Å². The van der Waals surface area contributed by atoms with E-state index in [9.17, 15) is 4.79 Å². The highest BCUT2D eigenvalue weighted by Gasteiger charge is 2.21. The molecule has 0 amide bonds. The van der Waals surface area contributed by atoms with E-state index < -0.39 is 0 Å². The van der Waals surface area contributed by atoms with Crippen LogP contribution in [0.5, 0.6) is 0 Å². The summed E-state index contributed by atoms with van der Waals surface area (Å²) in [7, 11) is 0. The van der Waals surface area contributed by atoms with Gasteiger partial charge in [-0.05, 0) is 59.3 Å². The van der Waals surface area contributed by atoms with E-state index in [1.54, 1.807) is 0 Å². The molecular formula is C12H12Br2O. The molecule has 0 aliphatic heterocycles. The average Bonchev–Trinajstić information content (AvgIpc) is 2.37. The number of ketones is 1. The van der Waals surface area contributed by atoms with Gasteiger partial charge in [-0.15, -0.1) is 0 Å². The predicted octanol–water partition coefficient (Wildman–Crippen LogP) is 4.43. The molecule has 1 aromatic carbocycles. The average molecular weight is 332 g/mol. The molecule has 0 heterocycles. The van der Waals surface area contributed by atoms with Gasteiger partial charge in [0.2, 0.25) is 0 Å². The summed E-state index contributed by atoms with van der Waals surface area (Å²) in [4.78, 5) is 12.0. The van der Waals surface area contributed by atoms with Gasteiger partial charge in [0, 0.05) is 20.9 Å². The van der Waals surface area contributed by atoms with Crippen molar-refractivity contribution in [2.75, 3.05) is 0 Å². The molecule has 0 unspecified atom stereocenters. The van der Waals surface area contributed by atoms with Gasteiger partial charge in [-0.1, -0.05) is 15.9 Å². The number of rotatable bonds is 0. The van der Waals surface area contributed by atoms with Crippen molar-refractivity contribution in [3.8, 4) is 0 Å². The maximum absolute atomic E-state index is 12.0. The van der Waals surface area contributed by atoms with Gasteiger partial charge in [-0.25, -0.2) is 0 Å². The van der Waals surface area contributed by atoms with Crippen LogP contribution in [0.2, 0.25) is 0 Å². The Morgan fingerprint density at radius 2 is 1.87 bits per heavy atom. The quantitative estimate of drug-likeness (QED) is 0.643. The third kappa shape index (κ3) is 2.04. The number of aryl methyl sites for hydroxylation is 1. The molecule has 2 rings (SSSR count). The molecule has 15 heavy (non-hydrogen) atoms. The number of fused-ring (bicyclic) bond motifs is 1. The van der Waals surface area contributed by atoms with Gasteiger partial charge >= 0.3 is 0 Å². The van der Waals surface area contributed by atoms with Crippen LogP contribution in [0.1, 0.15) is 40.7 Å². The van der Waals surface area contributed by atoms with Crippen molar-refractivity contribution < 1.29 is 4.79 Å². The number of Topliss-reactive ketones (excluding diaryl/α,β-unsaturated/α-hetero) is 1. The Kier molecular flexibility index (Phi) is 3.31. The molecule has 0 aromatic heterocycles. The number of carbonyl (C=O) groups excluding carboxylic acids is 1. The lowest BCUT2D eigenvalue weighted by molar-refractivity contribution is 0.0981. The van der Waals surface area contributed by atoms with Gasteiger partial charge in [0.05, 0.1) is 0 Å². The summed E-state index contributed by atoms with van der Waals surface area (Å²) in [6.07, 6.45) is 3.79. The van der Waals surface area contributed by atoms with Gasteiger partial charge in [-0.3, -0.25) is 4.79 Å². The van der Waals surface area contributed by atoms with E-state index in [0.717, 1.165) is 39.3 Å². The van der Waals surface area contributed by atoms with Crippen molar-refractivity contribution in [1.29, 1.82) is 0 Å². The van der Waals surface area contributed by atoms with Crippen LogP contribution in [0.15, 0.2) is 15.0 Å². The fraction of sp³-hybridized carbons (Fsp3) is 0.417. The lowest BCUT2D eigenvalue weighted by Crippen LogP contribution is -2.03. The largest absolute Gasteiger partial charge is 0.294 e. The van der Waals surface area contributed by atoms with Crippen LogP contribution >= 0.6 is 31.9 Å². The fourth-order valence-corrected chi connectivity index (χ4v) is 3.35. The Labute approximate surface area is 107 Å². The molecule has 1 nitrogen and oxygen atoms in total. The van der Waals surface area contributed by atoms with Gasteiger partial charge in [0.15, 0.2) is 5.78 Å². The number of benzene rings is 1. The first kappa shape index (κ1) is 11.3. The molecule has 1 aliphatic carbocycles. The predicted molar refractivity (Wildman–Crippen MR) is 68.5 cm³/mol. The summed E-state index contributed by atoms with van der Waals surface area (Å²) >= 11 is 7.09. The summed E-state index contributed by atoms with van der Waals surface area (Å²) in [6.45, 7) is 2.02. The van der Waals surface area contributed by atoms with E-state index in [1.807, 2.05) is 6.92 Å². The van der Waals surface area contributed by atoms with E-state index in [0.29, 0.717) is 6.42 Å². The van der Waals surface area contributed by atoms with E-state index >= 15 is 0 Å². The molecule has 0 fully saturated rings. The molecule has 1 aliphatic rings. The van der Waals surface area contributed by atoms with Crippen LogP contribution in [0.4, 0.5) is 0 Å². The molecular weight excluding hydrogens is 320 g/mol. The number of carbonyl (C=O) groups is 1. The Morgan fingerprint density at radius 1 is 1.20 bits per heavy atom. The zero-order valence-electron chi connectivity index (χ0n) is 8.57. The first-order chi connectivity index (χ1) is 7.11. The van der Waals surface area contributed by atoms with Crippen LogP contribution in [-0.4, -0.2) is 5.78 Å². The molecule has 80 valence electrons. The fourth-order valence-electron chi connectivity index (χ4n) is 2.04. The minimum Gasteiger partial charge on any atom is -0.294 e. The third-order valence-electron chi connectivity index (χ3n) is 2.86. The molecule has 0 atom stereocenters. The van der Waals surface area contributed by atoms with Gasteiger partial charge in [0.25, 0.3) is 0 Å². The van der Waals surface area contributed by atoms with Crippen LogP contribution < -0.4 is 0 Å². The molecule has 0 N–H and O–H groups in total. The van der Waals surface area contributed by atoms with E-state index in [2.05, 4.69) is 37.9 Å². The second kappa shape index (κ2) is 4.38. The van der Waals surface area contributed by atoms with Crippen molar-refractivity contribution in [2.45, 2.75) is 32.6 Å². The summed E-state index contributed by atoms with van der Waals surface area (Å²) < 4.78 is 2.06. The highest BCUT2D eigenvalue weighted by Crippen LogP contribution is 2.35. The minimum absolute atomic E-state index is 0.277. The number of halogens is 2. The SMILES string of the molecule is Cc1cc(Br)c2c(c1Br)C(=O)CCCC2. The summed E-state index contributed by atoms with van der Waals surface area (Å²) in [5.41, 5.74) is 3.20. The lowest BCUT2D eigenvalue weighted by Gasteiger charge is -2.12. The highest BCUT2D eigenvalue weighted by atomic mass is 79.9. The van der Waals surface area contributed by atoms with Gasteiger partial charge in [-0.2, -0.15) is 0 Å². The van der Waals surface area contributed by atoms with Crippen molar-refractivity contribution in [3.05, 3.63) is 31.7 Å². The molecule has 0 saturated heterocycles. The van der Waals surface area contributed by atoms with Crippen LogP contribution in [0.25, 0.3) is 0 Å². The highest BCUT2D eigenvalue weighted by molar-refractivity contribution is 9.11. The third-order valence-corrected chi connectivity index (χ3v) is 4.59. The second-order valence-corrected chi connectivity index (χ2v) is 5.62. The van der Waals surface area contributed by atoms with Crippen molar-refractivity contribution >= 4 is 37.6 Å². The second-order valence-electron chi connectivity index (χ2n) is 3.97. The monoisotopic (exact) mass is 330 g/mol. The zero-order chi connectivity index (χ0) is 11.0. The molecule has 0 spiro atoms. The maximum Gasteiger partial charge on any atom is 0.164 e. The van der Waals surface area contributed by atoms with Gasteiger partial charge < -0.3 is 0 Å². The Bertz CT molecular complexity index is 424. The Hall–Kier alpha value is -0.150. The summed E-state index contributed by atoms with van der Waals surface area (Å²) in [5.74, 6) is 0.277. The van der Waals surface area contributed by atoms with Crippen molar-refractivity contribution in [3.63, 3.8) is 0 Å². The van der Waals surface area contributed by atoms with E-state index in [4.69, 9.17) is 0 Å². The summed E-state index contributed by atoms with van der Waals surface area (Å²) in [5, 5.41) is 0. The number of hydrogen-bond donors (Lipinski definition) is 0. The normalized spacial score (nSPS) is 16.1. The van der Waals surface area contributed by atoms with Crippen LogP contribution in [-0.2, 0) is 6.42 Å². The smallest absolute Gasteiger partial charge is 0.164 e. The topological polar surface area (TPSA) is 17.1 Å². The molecule has 0 saturated carbocycles. The first-order valence-electron chi connectivity index (χ1n) is 5.12. The molecule has 3 heteroatoms. The zero-order valence-corrected chi connectivity index (χ0v) is 11.7. The van der Waals surface area contributed by atoms with Gasteiger partial charge in [0.1, 0.15) is 0 Å². The first-order valence-corrected chi connectivity index (χ1v) is 6.70. The van der Waals surface area contributed by atoms with Crippen LogP contribution in [0, 0.1) is 6.92 Å². The standard InChI is InChI=1S/C12H12Br2O/c1-7-6-9(13)8-4-2-3-5-10(15)11(8)12(7)14/h6H,2-5H2,1H3. The molecule has 0 bridgehead atoms. The van der Waals surface area contributed by atoms with Crippen molar-refractivity contribution in [2.24, 2.45) is 0 Å². The number of hydrogen-bond acceptors (Lipinski definition) is 1.